The minimum Gasteiger partial charge on any atom is -0.368 e. The fourth-order valence-corrected chi connectivity index (χ4v) is 3.97. The Bertz CT molecular complexity index is 1070. The molecule has 0 saturated carbocycles. The van der Waals surface area contributed by atoms with Gasteiger partial charge in [-0.05, 0) is 61.4 Å². The molecule has 1 aliphatic heterocycles. The van der Waals surface area contributed by atoms with E-state index in [0.29, 0.717) is 13.1 Å². The lowest BCUT2D eigenvalue weighted by Crippen LogP contribution is -2.48. The number of anilines is 3. The van der Waals surface area contributed by atoms with Crippen LogP contribution < -0.4 is 15.5 Å². The highest BCUT2D eigenvalue weighted by Crippen LogP contribution is 2.22. The summed E-state index contributed by atoms with van der Waals surface area (Å²) < 4.78 is 0. The summed E-state index contributed by atoms with van der Waals surface area (Å²) in [4.78, 5) is 29.2. The molecule has 3 aromatic carbocycles. The number of rotatable bonds is 4. The quantitative estimate of drug-likeness (QED) is 0.621. The second-order valence-electron chi connectivity index (χ2n) is 8.04. The molecule has 3 amide bonds. The summed E-state index contributed by atoms with van der Waals surface area (Å²) in [5.41, 5.74) is 5.44. The average molecular weight is 429 g/mol. The molecule has 0 radical (unpaired) electrons. The predicted octanol–water partition coefficient (Wildman–Crippen LogP) is 4.91. The van der Waals surface area contributed by atoms with Gasteiger partial charge in [0.2, 0.25) is 0 Å². The summed E-state index contributed by atoms with van der Waals surface area (Å²) in [7, 11) is 0. The highest BCUT2D eigenvalue weighted by atomic mass is 16.2. The molecule has 1 saturated heterocycles. The van der Waals surface area contributed by atoms with Gasteiger partial charge in [0.1, 0.15) is 0 Å². The van der Waals surface area contributed by atoms with Crippen molar-refractivity contribution in [1.82, 2.24) is 4.90 Å². The van der Waals surface area contributed by atoms with Crippen LogP contribution in [-0.2, 0) is 0 Å². The molecule has 1 fully saturated rings. The largest absolute Gasteiger partial charge is 0.368 e. The summed E-state index contributed by atoms with van der Waals surface area (Å²) in [6.45, 7) is 6.88. The third-order valence-electron chi connectivity index (χ3n) is 5.80. The number of para-hydroxylation sites is 1. The van der Waals surface area contributed by atoms with Crippen molar-refractivity contribution in [3.63, 3.8) is 0 Å². The van der Waals surface area contributed by atoms with Crippen LogP contribution in [0.4, 0.5) is 21.9 Å². The summed E-state index contributed by atoms with van der Waals surface area (Å²) >= 11 is 0. The molecule has 1 aliphatic rings. The molecule has 0 atom stereocenters. The first kappa shape index (κ1) is 21.4. The Kier molecular flexibility index (Phi) is 6.40. The molecule has 0 aliphatic carbocycles. The van der Waals surface area contributed by atoms with Crippen molar-refractivity contribution in [3.05, 3.63) is 89.5 Å². The smallest absolute Gasteiger partial charge is 0.323 e. The van der Waals surface area contributed by atoms with Crippen LogP contribution in [-0.4, -0.2) is 43.0 Å². The van der Waals surface area contributed by atoms with E-state index >= 15 is 0 Å². The van der Waals surface area contributed by atoms with Crippen molar-refractivity contribution in [2.75, 3.05) is 41.7 Å². The average Bonchev–Trinajstić information content (AvgIpc) is 2.82. The van der Waals surface area contributed by atoms with Crippen molar-refractivity contribution in [2.45, 2.75) is 13.8 Å². The molecule has 164 valence electrons. The Morgan fingerprint density at radius 2 is 1.34 bits per heavy atom. The maximum absolute atomic E-state index is 12.6. The molecular weight excluding hydrogens is 400 g/mol. The molecular formula is C26H28N4O2. The second-order valence-corrected chi connectivity index (χ2v) is 8.04. The molecule has 0 aromatic heterocycles. The molecule has 6 nitrogen and oxygen atoms in total. The van der Waals surface area contributed by atoms with Crippen molar-refractivity contribution >= 4 is 29.0 Å². The lowest BCUT2D eigenvalue weighted by molar-refractivity contribution is 0.0747. The molecule has 6 heteroatoms. The van der Waals surface area contributed by atoms with Gasteiger partial charge in [0.05, 0.1) is 0 Å². The molecule has 0 unspecified atom stereocenters. The zero-order valence-corrected chi connectivity index (χ0v) is 18.5. The minimum absolute atomic E-state index is 0.0831. The number of hydrogen-bond donors (Lipinski definition) is 2. The number of amides is 3. The van der Waals surface area contributed by atoms with Crippen molar-refractivity contribution in [1.29, 1.82) is 0 Å². The van der Waals surface area contributed by atoms with Crippen LogP contribution >= 0.6 is 0 Å². The van der Waals surface area contributed by atoms with E-state index in [4.69, 9.17) is 0 Å². The van der Waals surface area contributed by atoms with E-state index in [0.717, 1.165) is 46.8 Å². The Hall–Kier alpha value is -3.80. The number of nitrogens with one attached hydrogen (secondary N) is 2. The molecule has 3 aromatic rings. The monoisotopic (exact) mass is 428 g/mol. The highest BCUT2D eigenvalue weighted by Gasteiger charge is 2.22. The molecule has 1 heterocycles. The van der Waals surface area contributed by atoms with Crippen LogP contribution in [0.5, 0.6) is 0 Å². The molecule has 0 spiro atoms. The summed E-state index contributed by atoms with van der Waals surface area (Å²) in [5, 5.41) is 5.83. The first-order chi connectivity index (χ1) is 15.5. The van der Waals surface area contributed by atoms with E-state index in [1.165, 1.54) is 0 Å². The fraction of sp³-hybridized carbons (Fsp3) is 0.231. The number of carbonyl (C=O) groups is 2. The van der Waals surface area contributed by atoms with Crippen LogP contribution in [0.3, 0.4) is 0 Å². The maximum atomic E-state index is 12.6. The standard InChI is InChI=1S/C26H28N4O2/c1-19-7-6-8-20(2)24(19)28-26(32)27-22-11-13-23(14-12-22)29-15-17-30(18-16-29)25(31)21-9-4-3-5-10-21/h3-14H,15-18H2,1-2H3,(H2,27,28,32). The normalized spacial score (nSPS) is 13.6. The van der Waals surface area contributed by atoms with Gasteiger partial charge in [-0.2, -0.15) is 0 Å². The van der Waals surface area contributed by atoms with Crippen LogP contribution in [0.15, 0.2) is 72.8 Å². The summed E-state index contributed by atoms with van der Waals surface area (Å²) in [6, 6.07) is 22.9. The zero-order valence-electron chi connectivity index (χ0n) is 18.5. The van der Waals surface area contributed by atoms with Gasteiger partial charge in [-0.3, -0.25) is 4.79 Å². The lowest BCUT2D eigenvalue weighted by atomic mass is 10.1. The molecule has 2 N–H and O–H groups in total. The molecule has 32 heavy (non-hydrogen) atoms. The van der Waals surface area contributed by atoms with E-state index in [1.807, 2.05) is 91.5 Å². The lowest BCUT2D eigenvalue weighted by Gasteiger charge is -2.36. The molecule has 4 rings (SSSR count). The van der Waals surface area contributed by atoms with Crippen LogP contribution in [0.2, 0.25) is 0 Å². The fourth-order valence-electron chi connectivity index (χ4n) is 3.97. The van der Waals surface area contributed by atoms with Gasteiger partial charge in [0.15, 0.2) is 0 Å². The van der Waals surface area contributed by atoms with Crippen LogP contribution in [0.1, 0.15) is 21.5 Å². The van der Waals surface area contributed by atoms with Gasteiger partial charge in [-0.25, -0.2) is 4.79 Å². The van der Waals surface area contributed by atoms with E-state index in [2.05, 4.69) is 15.5 Å². The van der Waals surface area contributed by atoms with Crippen molar-refractivity contribution in [3.8, 4) is 0 Å². The van der Waals surface area contributed by atoms with Gasteiger partial charge in [0, 0.05) is 48.8 Å². The highest BCUT2D eigenvalue weighted by molar-refractivity contribution is 6.00. The van der Waals surface area contributed by atoms with Gasteiger partial charge in [-0.15, -0.1) is 0 Å². The van der Waals surface area contributed by atoms with Gasteiger partial charge in [0.25, 0.3) is 5.91 Å². The first-order valence-corrected chi connectivity index (χ1v) is 10.8. The maximum Gasteiger partial charge on any atom is 0.323 e. The Labute approximate surface area is 188 Å². The van der Waals surface area contributed by atoms with Gasteiger partial charge in [-0.1, -0.05) is 36.4 Å². The van der Waals surface area contributed by atoms with E-state index in [-0.39, 0.29) is 11.9 Å². The SMILES string of the molecule is Cc1cccc(C)c1NC(=O)Nc1ccc(N2CCN(C(=O)c3ccccc3)CC2)cc1. The molecule has 0 bridgehead atoms. The number of aryl methyl sites for hydroxylation is 2. The van der Waals surface area contributed by atoms with E-state index < -0.39 is 0 Å². The first-order valence-electron chi connectivity index (χ1n) is 10.8. The van der Waals surface area contributed by atoms with Gasteiger partial charge >= 0.3 is 6.03 Å². The number of hydrogen-bond acceptors (Lipinski definition) is 3. The third kappa shape index (κ3) is 4.91. The number of benzene rings is 3. The van der Waals surface area contributed by atoms with E-state index in [9.17, 15) is 9.59 Å². The van der Waals surface area contributed by atoms with Crippen LogP contribution in [0, 0.1) is 13.8 Å². The zero-order chi connectivity index (χ0) is 22.5. The van der Waals surface area contributed by atoms with E-state index in [1.54, 1.807) is 0 Å². The van der Waals surface area contributed by atoms with Gasteiger partial charge < -0.3 is 20.4 Å². The summed E-state index contributed by atoms with van der Waals surface area (Å²) in [5.74, 6) is 0.0831. The Balaban J connectivity index is 1.31. The summed E-state index contributed by atoms with van der Waals surface area (Å²) in [6.07, 6.45) is 0. The van der Waals surface area contributed by atoms with Crippen molar-refractivity contribution in [2.24, 2.45) is 0 Å². The third-order valence-corrected chi connectivity index (χ3v) is 5.80. The second kappa shape index (κ2) is 9.56. The minimum atomic E-state index is -0.261. The topological polar surface area (TPSA) is 64.7 Å². The van der Waals surface area contributed by atoms with Crippen LogP contribution in [0.25, 0.3) is 0 Å². The number of nitrogens with zero attached hydrogens (tertiary/aromatic N) is 2. The van der Waals surface area contributed by atoms with Crippen molar-refractivity contribution < 1.29 is 9.59 Å². The Morgan fingerprint density at radius 1 is 0.719 bits per heavy atom. The predicted molar refractivity (Wildman–Crippen MR) is 130 cm³/mol. The number of urea groups is 1. The number of piperazine rings is 1. The Morgan fingerprint density at radius 3 is 1.97 bits per heavy atom. The number of carbonyl (C=O) groups excluding carboxylic acids is 2.